The highest BCUT2D eigenvalue weighted by molar-refractivity contribution is 5.97. The van der Waals surface area contributed by atoms with Gasteiger partial charge in [-0.15, -0.1) is 0 Å². The summed E-state index contributed by atoms with van der Waals surface area (Å²) in [6, 6.07) is 0. The summed E-state index contributed by atoms with van der Waals surface area (Å²) in [4.78, 5) is 43.1. The molecule has 2 fully saturated rings. The molecule has 246 valence electrons. The van der Waals surface area contributed by atoms with Crippen molar-refractivity contribution < 1.29 is 29.2 Å². The first kappa shape index (κ1) is 33.8. The average molecular weight is 620 g/mol. The van der Waals surface area contributed by atoms with Crippen molar-refractivity contribution in [2.45, 2.75) is 38.3 Å². The zero-order valence-corrected chi connectivity index (χ0v) is 27.0. The maximum atomic E-state index is 13.2. The fourth-order valence-electron chi connectivity index (χ4n) is 5.64. The van der Waals surface area contributed by atoms with Gasteiger partial charge in [0.05, 0.1) is 44.6 Å². The summed E-state index contributed by atoms with van der Waals surface area (Å²) in [6.45, 7) is 8.34. The van der Waals surface area contributed by atoms with Gasteiger partial charge in [-0.25, -0.2) is 9.97 Å². The zero-order valence-electron chi connectivity index (χ0n) is 27.0. The second-order valence-corrected chi connectivity index (χ2v) is 11.8. The predicted molar refractivity (Wildman–Crippen MR) is 169 cm³/mol. The molecule has 44 heavy (non-hydrogen) atoms. The number of amides is 1. The number of methoxy groups -OCH3 is 3. The highest BCUT2D eigenvalue weighted by atomic mass is 16.5. The molecular formula is C29H49N9O6. The van der Waals surface area contributed by atoms with Gasteiger partial charge in [0.25, 0.3) is 0 Å². The Bertz CT molecular complexity index is 1230. The van der Waals surface area contributed by atoms with E-state index in [1.165, 1.54) is 0 Å². The molecule has 4 rings (SSSR count). The Kier molecular flexibility index (Phi) is 11.7. The number of anilines is 4. The van der Waals surface area contributed by atoms with Crippen LogP contribution in [0.3, 0.4) is 0 Å². The van der Waals surface area contributed by atoms with Gasteiger partial charge in [-0.1, -0.05) is 0 Å². The Balaban J connectivity index is 1.97. The summed E-state index contributed by atoms with van der Waals surface area (Å²) < 4.78 is 16.4. The minimum absolute atomic E-state index is 0.0245. The Morgan fingerprint density at radius 3 is 1.77 bits per heavy atom. The van der Waals surface area contributed by atoms with Gasteiger partial charge < -0.3 is 48.9 Å². The fraction of sp³-hybridized carbons (Fsp3) is 0.759. The molecule has 0 saturated carbocycles. The molecule has 0 atom stereocenters. The average Bonchev–Trinajstić information content (AvgIpc) is 3.02. The number of likely N-dealkylation sites (N-methyl/N-ethyl adjacent to an activating group) is 1. The van der Waals surface area contributed by atoms with Crippen molar-refractivity contribution in [2.24, 2.45) is 0 Å². The number of ether oxygens (including phenoxy) is 3. The van der Waals surface area contributed by atoms with Crippen LogP contribution in [0.1, 0.15) is 26.7 Å². The van der Waals surface area contributed by atoms with Gasteiger partial charge in [0, 0.05) is 74.2 Å². The second kappa shape index (κ2) is 15.3. The smallest absolute Gasteiger partial charge is 0.242 e. The maximum Gasteiger partial charge on any atom is 0.242 e. The highest BCUT2D eigenvalue weighted by Crippen LogP contribution is 2.36. The third-order valence-corrected chi connectivity index (χ3v) is 8.48. The van der Waals surface area contributed by atoms with Crippen LogP contribution in [-0.4, -0.2) is 160 Å². The van der Waals surface area contributed by atoms with Crippen LogP contribution in [0.2, 0.25) is 0 Å². The topological polar surface area (TPSA) is 153 Å². The first-order valence-electron chi connectivity index (χ1n) is 15.3. The monoisotopic (exact) mass is 619 g/mol. The zero-order chi connectivity index (χ0) is 31.9. The van der Waals surface area contributed by atoms with Crippen LogP contribution in [0.4, 0.5) is 23.5 Å². The molecule has 0 aromatic carbocycles. The Labute approximate surface area is 259 Å². The number of piperazine rings is 1. The molecule has 2 aliphatic heterocycles. The van der Waals surface area contributed by atoms with Crippen LogP contribution in [0.25, 0.3) is 11.0 Å². The standard InChI is InChI=1S/C29H49N9O6/c1-29(2)20-38(19-22(41)34(29)3)26-24-23(30-28(33-26)37(13-17-42-4)14-18-43-5)25(35-9-7-21(44-6)8-10-35)32-27(31-24)36(11-15-39)12-16-40/h21,39-40H,7-20H2,1-6H3. The lowest BCUT2D eigenvalue weighted by atomic mass is 9.99. The number of carbonyl (C=O) groups is 1. The Morgan fingerprint density at radius 2 is 1.32 bits per heavy atom. The number of nitrogens with zero attached hydrogens (tertiary/aromatic N) is 9. The number of rotatable bonds is 15. The number of hydrogen-bond acceptors (Lipinski definition) is 14. The SMILES string of the molecule is COCCN(CCOC)c1nc(N2CC(=O)N(C)C(C)(C)C2)c2nc(N(CCO)CCO)nc(N3CCC(OC)CC3)c2n1. The summed E-state index contributed by atoms with van der Waals surface area (Å²) in [5.74, 6) is 1.98. The number of aliphatic hydroxyl groups excluding tert-OH is 2. The van der Waals surface area contributed by atoms with Gasteiger partial charge in [0.1, 0.15) is 11.0 Å². The Hall–Kier alpha value is -3.11. The highest BCUT2D eigenvalue weighted by Gasteiger charge is 2.38. The van der Waals surface area contributed by atoms with Crippen LogP contribution in [0.5, 0.6) is 0 Å². The van der Waals surface area contributed by atoms with Crippen LogP contribution in [0, 0.1) is 0 Å². The van der Waals surface area contributed by atoms with Crippen LogP contribution in [0.15, 0.2) is 0 Å². The van der Waals surface area contributed by atoms with E-state index in [2.05, 4.69) is 4.90 Å². The molecule has 15 heteroatoms. The molecule has 0 aliphatic carbocycles. The molecule has 2 aromatic heterocycles. The molecule has 0 unspecified atom stereocenters. The number of aromatic nitrogens is 4. The van der Waals surface area contributed by atoms with Crippen LogP contribution >= 0.6 is 0 Å². The van der Waals surface area contributed by atoms with Crippen molar-refractivity contribution in [2.75, 3.05) is 127 Å². The molecule has 1 amide bonds. The molecule has 2 N–H and O–H groups in total. The summed E-state index contributed by atoms with van der Waals surface area (Å²) in [6.07, 6.45) is 1.82. The molecule has 2 saturated heterocycles. The molecular weight excluding hydrogens is 570 g/mol. The van der Waals surface area contributed by atoms with E-state index < -0.39 is 5.54 Å². The molecule has 2 aromatic rings. The van der Waals surface area contributed by atoms with Crippen molar-refractivity contribution in [3.05, 3.63) is 0 Å². The molecule has 0 spiro atoms. The van der Waals surface area contributed by atoms with E-state index >= 15 is 0 Å². The van der Waals surface area contributed by atoms with Gasteiger partial charge in [0.2, 0.25) is 17.8 Å². The number of piperidine rings is 1. The van der Waals surface area contributed by atoms with Gasteiger partial charge in [-0.2, -0.15) is 9.97 Å². The lowest BCUT2D eigenvalue weighted by molar-refractivity contribution is -0.135. The summed E-state index contributed by atoms with van der Waals surface area (Å²) >= 11 is 0. The van der Waals surface area contributed by atoms with Crippen molar-refractivity contribution in [1.29, 1.82) is 0 Å². The molecule has 15 nitrogen and oxygen atoms in total. The first-order valence-corrected chi connectivity index (χ1v) is 15.3. The second-order valence-electron chi connectivity index (χ2n) is 11.8. The van der Waals surface area contributed by atoms with Gasteiger partial charge in [-0.05, 0) is 26.7 Å². The van der Waals surface area contributed by atoms with E-state index in [-0.39, 0.29) is 44.9 Å². The van der Waals surface area contributed by atoms with E-state index in [1.807, 2.05) is 30.7 Å². The Morgan fingerprint density at radius 1 is 0.818 bits per heavy atom. The van der Waals surface area contributed by atoms with Crippen molar-refractivity contribution in [3.63, 3.8) is 0 Å². The summed E-state index contributed by atoms with van der Waals surface area (Å²) in [5, 5.41) is 19.6. The van der Waals surface area contributed by atoms with Gasteiger partial charge in [-0.3, -0.25) is 4.79 Å². The van der Waals surface area contributed by atoms with Crippen molar-refractivity contribution >= 4 is 40.5 Å². The van der Waals surface area contributed by atoms with E-state index in [0.29, 0.717) is 80.5 Å². The van der Waals surface area contributed by atoms with Gasteiger partial charge in [0.15, 0.2) is 11.6 Å². The third-order valence-electron chi connectivity index (χ3n) is 8.48. The summed E-state index contributed by atoms with van der Waals surface area (Å²) in [5.41, 5.74) is 0.621. The fourth-order valence-corrected chi connectivity index (χ4v) is 5.64. The van der Waals surface area contributed by atoms with Gasteiger partial charge >= 0.3 is 0 Å². The van der Waals surface area contributed by atoms with E-state index in [9.17, 15) is 15.0 Å². The van der Waals surface area contributed by atoms with E-state index in [0.717, 1.165) is 12.8 Å². The van der Waals surface area contributed by atoms with E-state index in [4.69, 9.17) is 34.1 Å². The summed E-state index contributed by atoms with van der Waals surface area (Å²) in [7, 11) is 6.87. The maximum absolute atomic E-state index is 13.2. The number of carbonyl (C=O) groups excluding carboxylic acids is 1. The van der Waals surface area contributed by atoms with Crippen LogP contribution in [-0.2, 0) is 19.0 Å². The number of fused-ring (bicyclic) bond motifs is 1. The first-order chi connectivity index (χ1) is 21.2. The quantitative estimate of drug-likeness (QED) is 0.275. The lowest BCUT2D eigenvalue weighted by Crippen LogP contribution is -2.60. The lowest BCUT2D eigenvalue weighted by Gasteiger charge is -2.45. The van der Waals surface area contributed by atoms with Crippen LogP contribution < -0.4 is 19.6 Å². The molecule has 4 heterocycles. The predicted octanol–water partition coefficient (Wildman–Crippen LogP) is -0.0178. The van der Waals surface area contributed by atoms with Crippen molar-refractivity contribution in [3.8, 4) is 0 Å². The molecule has 2 aliphatic rings. The largest absolute Gasteiger partial charge is 0.395 e. The normalized spacial score (nSPS) is 17.5. The number of hydrogen-bond donors (Lipinski definition) is 2. The minimum Gasteiger partial charge on any atom is -0.395 e. The molecule has 0 bridgehead atoms. The minimum atomic E-state index is -0.459. The third kappa shape index (κ3) is 7.57. The van der Waals surface area contributed by atoms with E-state index in [1.54, 1.807) is 31.1 Å². The van der Waals surface area contributed by atoms with Crippen molar-refractivity contribution in [1.82, 2.24) is 24.8 Å². The molecule has 0 radical (unpaired) electrons. The number of aliphatic hydroxyl groups is 2.